The Bertz CT molecular complexity index is 213. The lowest BCUT2D eigenvalue weighted by atomic mass is 10.3. The van der Waals surface area contributed by atoms with E-state index in [0.717, 1.165) is 25.1 Å². The number of thioether (sulfide) groups is 1. The zero-order valence-electron chi connectivity index (χ0n) is 7.38. The normalized spacial score (nSPS) is 18.6. The highest BCUT2D eigenvalue weighted by Crippen LogP contribution is 2.10. The fourth-order valence-electron chi connectivity index (χ4n) is 1.13. The maximum atomic E-state index is 11.3. The highest BCUT2D eigenvalue weighted by molar-refractivity contribution is 8.13. The topological polar surface area (TPSA) is 46.1 Å². The van der Waals surface area contributed by atoms with Gasteiger partial charge in [-0.15, -0.1) is 0 Å². The second-order valence-electron chi connectivity index (χ2n) is 2.84. The molecule has 68 valence electrons. The van der Waals surface area contributed by atoms with Gasteiger partial charge in [0, 0.05) is 5.75 Å². The molecule has 1 amide bonds. The van der Waals surface area contributed by atoms with Gasteiger partial charge in [0.25, 0.3) is 0 Å². The molecule has 0 unspecified atom stereocenters. The van der Waals surface area contributed by atoms with Crippen LogP contribution in [-0.2, 0) is 4.79 Å². The van der Waals surface area contributed by atoms with Crippen LogP contribution in [0.2, 0.25) is 0 Å². The summed E-state index contributed by atoms with van der Waals surface area (Å²) in [6.07, 6.45) is 2.77. The molecule has 3 nitrogen and oxygen atoms in total. The summed E-state index contributed by atoms with van der Waals surface area (Å²) >= 11 is 1.58. The molecule has 12 heavy (non-hydrogen) atoms. The summed E-state index contributed by atoms with van der Waals surface area (Å²) in [5, 5.41) is 0.680. The van der Waals surface area contributed by atoms with Crippen molar-refractivity contribution in [2.75, 3.05) is 12.3 Å². The number of unbranched alkanes of at least 4 members (excludes halogenated alkanes) is 1. The van der Waals surface area contributed by atoms with Crippen LogP contribution in [-0.4, -0.2) is 27.9 Å². The molecule has 4 heteroatoms. The number of nitrogens with two attached hydrogens (primary N) is 1. The molecule has 1 rings (SSSR count). The summed E-state index contributed by atoms with van der Waals surface area (Å²) in [5.41, 5.74) is 5.69. The number of hydrogen-bond donors (Lipinski definition) is 1. The number of carbonyl (C=O) groups excluding carboxylic acids is 1. The van der Waals surface area contributed by atoms with Gasteiger partial charge in [-0.05, 0) is 18.2 Å². The van der Waals surface area contributed by atoms with E-state index >= 15 is 0 Å². The Morgan fingerprint density at radius 1 is 1.67 bits per heavy atom. The van der Waals surface area contributed by atoms with E-state index in [1.807, 2.05) is 0 Å². The molecule has 0 saturated heterocycles. The van der Waals surface area contributed by atoms with Crippen molar-refractivity contribution in [3.8, 4) is 0 Å². The maximum Gasteiger partial charge on any atom is 0.311 e. The number of hydrogen-bond acceptors (Lipinski definition) is 3. The minimum Gasteiger partial charge on any atom is -0.281 e. The molecular formula is C8H15N2OS+. The fourth-order valence-corrected chi connectivity index (χ4v) is 1.96. The van der Waals surface area contributed by atoms with Crippen molar-refractivity contribution in [1.29, 1.82) is 0 Å². The molecule has 0 fully saturated rings. The average Bonchev–Trinajstić information content (AvgIpc) is 2.04. The van der Waals surface area contributed by atoms with Crippen molar-refractivity contribution in [1.82, 2.24) is 0 Å². The van der Waals surface area contributed by atoms with Gasteiger partial charge in [0.2, 0.25) is 0 Å². The van der Waals surface area contributed by atoms with E-state index in [2.05, 4.69) is 6.92 Å². The molecule has 1 aliphatic rings. The number of rotatable bonds is 3. The van der Waals surface area contributed by atoms with E-state index in [4.69, 9.17) is 5.73 Å². The monoisotopic (exact) mass is 187 g/mol. The van der Waals surface area contributed by atoms with Crippen molar-refractivity contribution in [2.45, 2.75) is 26.2 Å². The van der Waals surface area contributed by atoms with Crippen molar-refractivity contribution in [2.24, 2.45) is 5.73 Å². The Labute approximate surface area is 77.0 Å². The second kappa shape index (κ2) is 4.50. The summed E-state index contributed by atoms with van der Waals surface area (Å²) in [5.74, 6) is 1.02. The Kier molecular flexibility index (Phi) is 3.59. The van der Waals surface area contributed by atoms with Crippen molar-refractivity contribution in [3.63, 3.8) is 0 Å². The predicted molar refractivity (Wildman–Crippen MR) is 51.3 cm³/mol. The van der Waals surface area contributed by atoms with Crippen LogP contribution in [0.5, 0.6) is 0 Å². The first kappa shape index (κ1) is 9.58. The molecule has 0 aliphatic carbocycles. The first-order valence-electron chi connectivity index (χ1n) is 4.31. The Balaban J connectivity index is 2.61. The van der Waals surface area contributed by atoms with Crippen LogP contribution < -0.4 is 5.73 Å². The Morgan fingerprint density at radius 3 is 3.00 bits per heavy atom. The first-order chi connectivity index (χ1) is 5.75. The number of carbonyl (C=O) groups is 1. The van der Waals surface area contributed by atoms with E-state index in [1.165, 1.54) is 0 Å². The second-order valence-corrected chi connectivity index (χ2v) is 3.95. The lowest BCUT2D eigenvalue weighted by molar-refractivity contribution is -0.448. The van der Waals surface area contributed by atoms with Crippen LogP contribution in [0.3, 0.4) is 0 Å². The van der Waals surface area contributed by atoms with Crippen LogP contribution in [0.1, 0.15) is 26.2 Å². The molecule has 0 spiro atoms. The summed E-state index contributed by atoms with van der Waals surface area (Å²) in [6.45, 7) is 2.89. The van der Waals surface area contributed by atoms with Crippen molar-refractivity contribution >= 4 is 22.8 Å². The fraction of sp³-hybridized carbons (Fsp3) is 0.750. The summed E-state index contributed by atoms with van der Waals surface area (Å²) in [7, 11) is 0. The largest absolute Gasteiger partial charge is 0.311 e. The zero-order chi connectivity index (χ0) is 8.97. The molecular weight excluding hydrogens is 172 g/mol. The highest BCUT2D eigenvalue weighted by atomic mass is 32.2. The molecule has 0 aromatic heterocycles. The lowest BCUT2D eigenvalue weighted by Crippen LogP contribution is -2.35. The van der Waals surface area contributed by atoms with Crippen molar-refractivity contribution in [3.05, 3.63) is 0 Å². The number of nitrogens with zero attached hydrogens (tertiary/aromatic N) is 1. The van der Waals surface area contributed by atoms with Crippen LogP contribution in [0, 0.1) is 0 Å². The zero-order valence-corrected chi connectivity index (χ0v) is 8.19. The maximum absolute atomic E-state index is 11.3. The van der Waals surface area contributed by atoms with Crippen LogP contribution in [0.25, 0.3) is 0 Å². The van der Waals surface area contributed by atoms with E-state index in [9.17, 15) is 4.79 Å². The molecule has 0 atom stereocenters. The molecule has 2 N–H and O–H groups in total. The smallest absolute Gasteiger partial charge is 0.281 e. The number of amidine groups is 1. The third kappa shape index (κ3) is 2.24. The molecule has 0 bridgehead atoms. The van der Waals surface area contributed by atoms with Gasteiger partial charge < -0.3 is 0 Å². The van der Waals surface area contributed by atoms with E-state index < -0.39 is 0 Å². The van der Waals surface area contributed by atoms with Gasteiger partial charge in [-0.2, -0.15) is 4.58 Å². The molecule has 0 saturated carbocycles. The summed E-state index contributed by atoms with van der Waals surface area (Å²) in [4.78, 5) is 11.3. The standard InChI is InChI=1S/C8H14N2OS/c1-2-3-5-10-7(11)4-6-12-8(10)9/h9H,2-6H2,1H3/p+1. The third-order valence-electron chi connectivity index (χ3n) is 1.87. The summed E-state index contributed by atoms with van der Waals surface area (Å²) < 4.78 is 1.71. The van der Waals surface area contributed by atoms with Crippen molar-refractivity contribution < 1.29 is 9.37 Å². The van der Waals surface area contributed by atoms with Gasteiger partial charge in [0.05, 0.1) is 13.0 Å². The molecule has 0 aromatic carbocycles. The third-order valence-corrected chi connectivity index (χ3v) is 2.79. The SMILES string of the molecule is CCCC[N+]1=C(N)SCCC1=O. The van der Waals surface area contributed by atoms with Gasteiger partial charge in [-0.3, -0.25) is 5.73 Å². The van der Waals surface area contributed by atoms with E-state index in [0.29, 0.717) is 11.6 Å². The predicted octanol–water partition coefficient (Wildman–Crippen LogP) is 0.777. The lowest BCUT2D eigenvalue weighted by Gasteiger charge is -2.11. The van der Waals surface area contributed by atoms with Gasteiger partial charge in [-0.1, -0.05) is 13.3 Å². The molecule has 0 aromatic rings. The highest BCUT2D eigenvalue weighted by Gasteiger charge is 2.22. The number of amides is 1. The van der Waals surface area contributed by atoms with Crippen LogP contribution in [0.15, 0.2) is 0 Å². The Hall–Kier alpha value is -0.510. The summed E-state index contributed by atoms with van der Waals surface area (Å²) in [6, 6.07) is 0. The molecule has 0 radical (unpaired) electrons. The van der Waals surface area contributed by atoms with Gasteiger partial charge in [0.1, 0.15) is 0 Å². The van der Waals surface area contributed by atoms with Gasteiger partial charge in [0.15, 0.2) is 0 Å². The molecule has 1 aliphatic heterocycles. The van der Waals surface area contributed by atoms with E-state index in [1.54, 1.807) is 16.3 Å². The average molecular weight is 187 g/mol. The first-order valence-corrected chi connectivity index (χ1v) is 5.30. The van der Waals surface area contributed by atoms with Crippen LogP contribution in [0.4, 0.5) is 0 Å². The van der Waals surface area contributed by atoms with Gasteiger partial charge in [-0.25, -0.2) is 4.79 Å². The van der Waals surface area contributed by atoms with Gasteiger partial charge >= 0.3 is 11.1 Å². The Morgan fingerprint density at radius 2 is 2.42 bits per heavy atom. The minimum atomic E-state index is 0.180. The molecule has 1 heterocycles. The minimum absolute atomic E-state index is 0.180. The van der Waals surface area contributed by atoms with Crippen LogP contribution >= 0.6 is 11.8 Å². The quantitative estimate of drug-likeness (QED) is 0.664. The van der Waals surface area contributed by atoms with E-state index in [-0.39, 0.29) is 5.91 Å².